The van der Waals surface area contributed by atoms with Gasteiger partial charge in [0.1, 0.15) is 9.22 Å². The van der Waals surface area contributed by atoms with E-state index in [2.05, 4.69) is 27.5 Å². The summed E-state index contributed by atoms with van der Waals surface area (Å²) in [4.78, 5) is 9.96. The highest BCUT2D eigenvalue weighted by Crippen LogP contribution is 2.18. The predicted octanol–water partition coefficient (Wildman–Crippen LogP) is 1.66. The lowest BCUT2D eigenvalue weighted by atomic mass is 10.4. The molecule has 0 saturated heterocycles. The van der Waals surface area contributed by atoms with E-state index in [1.54, 1.807) is 28.8 Å². The highest BCUT2D eigenvalue weighted by molar-refractivity contribution is 7.93. The maximum atomic E-state index is 12.2. The largest absolute Gasteiger partial charge is 0.390 e. The van der Waals surface area contributed by atoms with Gasteiger partial charge in [0, 0.05) is 24.2 Å². The Balaban J connectivity index is 1.89. The molecule has 2 heterocycles. The van der Waals surface area contributed by atoms with Gasteiger partial charge < -0.3 is 15.7 Å². The van der Waals surface area contributed by atoms with Crippen molar-refractivity contribution >= 4 is 38.5 Å². The Labute approximate surface area is 162 Å². The van der Waals surface area contributed by atoms with Crippen molar-refractivity contribution in [2.45, 2.75) is 37.1 Å². The molecule has 10 heteroatoms. The minimum atomic E-state index is -3.47. The van der Waals surface area contributed by atoms with Gasteiger partial charge in [0.2, 0.25) is 0 Å². The maximum Gasteiger partial charge on any atom is 0.191 e. The van der Waals surface area contributed by atoms with Gasteiger partial charge in [0.05, 0.1) is 18.4 Å². The third-order valence-corrected chi connectivity index (χ3v) is 7.80. The number of hydrogen-bond donors (Lipinski definition) is 3. The highest BCUT2D eigenvalue weighted by atomic mass is 32.2. The fourth-order valence-electron chi connectivity index (χ4n) is 2.12. The molecular formula is C16H24N4O3S3. The van der Waals surface area contributed by atoms with E-state index < -0.39 is 15.9 Å². The van der Waals surface area contributed by atoms with Crippen LogP contribution < -0.4 is 10.6 Å². The van der Waals surface area contributed by atoms with E-state index in [4.69, 9.17) is 0 Å². The molecule has 1 unspecified atom stereocenters. The number of aromatic nitrogens is 1. The molecule has 0 aromatic carbocycles. The van der Waals surface area contributed by atoms with Gasteiger partial charge in [0.25, 0.3) is 0 Å². The number of aliphatic hydroxyl groups is 1. The number of thiophene rings is 1. The van der Waals surface area contributed by atoms with E-state index in [0.717, 1.165) is 22.8 Å². The van der Waals surface area contributed by atoms with Gasteiger partial charge in [-0.05, 0) is 24.8 Å². The first-order chi connectivity index (χ1) is 12.4. The van der Waals surface area contributed by atoms with Crippen LogP contribution in [0.3, 0.4) is 0 Å². The summed E-state index contributed by atoms with van der Waals surface area (Å²) in [7, 11) is -3.47. The average Bonchev–Trinajstić information content (AvgIpc) is 3.28. The fourth-order valence-corrected chi connectivity index (χ4v) is 5.39. The molecule has 0 spiro atoms. The normalized spacial score (nSPS) is 13.6. The number of nitrogens with one attached hydrogen (secondary N) is 2. The molecule has 0 radical (unpaired) electrons. The van der Waals surface area contributed by atoms with Gasteiger partial charge in [0.15, 0.2) is 15.8 Å². The van der Waals surface area contributed by atoms with E-state index >= 15 is 0 Å². The second-order valence-corrected chi connectivity index (χ2v) is 9.93. The number of guanidine groups is 1. The number of rotatable bonds is 9. The Bertz CT molecular complexity index is 801. The van der Waals surface area contributed by atoms with Crippen LogP contribution in [-0.4, -0.2) is 49.4 Å². The number of nitrogens with zero attached hydrogens (tertiary/aromatic N) is 2. The van der Waals surface area contributed by atoms with Gasteiger partial charge in [-0.15, -0.1) is 22.7 Å². The molecule has 0 aliphatic carbocycles. The molecule has 2 aromatic heterocycles. The quantitative estimate of drug-likeness (QED) is 0.424. The molecule has 7 nitrogen and oxygen atoms in total. The van der Waals surface area contributed by atoms with Crippen molar-refractivity contribution in [3.05, 3.63) is 33.6 Å². The topological polar surface area (TPSA) is 104 Å². The molecule has 0 amide bonds. The van der Waals surface area contributed by atoms with Crippen molar-refractivity contribution in [1.29, 1.82) is 0 Å². The van der Waals surface area contributed by atoms with Crippen LogP contribution in [0.5, 0.6) is 0 Å². The summed E-state index contributed by atoms with van der Waals surface area (Å²) in [6.45, 7) is 5.21. The molecule has 0 saturated carbocycles. The van der Waals surface area contributed by atoms with Crippen LogP contribution in [-0.2, 0) is 22.8 Å². The lowest BCUT2D eigenvalue weighted by molar-refractivity contribution is 0.200. The maximum absolute atomic E-state index is 12.2. The third-order valence-electron chi connectivity index (χ3n) is 3.39. The minimum absolute atomic E-state index is 0.0918. The summed E-state index contributed by atoms with van der Waals surface area (Å²) in [5, 5.41) is 18.8. The van der Waals surface area contributed by atoms with Crippen molar-refractivity contribution in [3.8, 4) is 0 Å². The van der Waals surface area contributed by atoms with Crippen LogP contribution in [0.4, 0.5) is 0 Å². The molecule has 2 rings (SSSR count). The van der Waals surface area contributed by atoms with Gasteiger partial charge >= 0.3 is 0 Å². The van der Waals surface area contributed by atoms with Gasteiger partial charge in [-0.25, -0.2) is 18.4 Å². The summed E-state index contributed by atoms with van der Waals surface area (Å²) in [6.07, 6.45) is 1.78. The van der Waals surface area contributed by atoms with E-state index in [0.29, 0.717) is 19.0 Å². The lowest BCUT2D eigenvalue weighted by Gasteiger charge is -2.15. The van der Waals surface area contributed by atoms with Crippen molar-refractivity contribution in [1.82, 2.24) is 15.6 Å². The number of sulfone groups is 1. The molecule has 26 heavy (non-hydrogen) atoms. The smallest absolute Gasteiger partial charge is 0.191 e. The first kappa shape index (κ1) is 20.8. The van der Waals surface area contributed by atoms with Crippen LogP contribution in [0.15, 0.2) is 32.9 Å². The number of aliphatic imine (C=N–C) groups is 1. The average molecular weight is 417 g/mol. The second-order valence-electron chi connectivity index (χ2n) is 5.52. The molecular weight excluding hydrogens is 392 g/mol. The van der Waals surface area contributed by atoms with Crippen molar-refractivity contribution in [2.75, 3.05) is 18.8 Å². The van der Waals surface area contributed by atoms with E-state index in [-0.39, 0.29) is 16.5 Å². The fraction of sp³-hybridized carbons (Fsp3) is 0.500. The number of aryl methyl sites for hydroxylation is 1. The number of thiazole rings is 1. The van der Waals surface area contributed by atoms with E-state index in [1.807, 2.05) is 13.1 Å². The first-order valence-electron chi connectivity index (χ1n) is 8.34. The second kappa shape index (κ2) is 10.0. The Hall–Kier alpha value is -1.49. The summed E-state index contributed by atoms with van der Waals surface area (Å²) in [6, 6.07) is 3.23. The van der Waals surface area contributed by atoms with Crippen LogP contribution in [0.2, 0.25) is 0 Å². The molecule has 2 aromatic rings. The van der Waals surface area contributed by atoms with E-state index in [1.165, 1.54) is 4.88 Å². The van der Waals surface area contributed by atoms with Gasteiger partial charge in [-0.2, -0.15) is 0 Å². The van der Waals surface area contributed by atoms with Gasteiger partial charge in [-0.1, -0.05) is 13.0 Å². The number of hydrogen-bond acceptors (Lipinski definition) is 7. The Kier molecular flexibility index (Phi) is 8.01. The zero-order valence-corrected chi connectivity index (χ0v) is 17.3. The first-order valence-corrected chi connectivity index (χ1v) is 11.7. The lowest BCUT2D eigenvalue weighted by Crippen LogP contribution is -2.42. The molecule has 144 valence electrons. The van der Waals surface area contributed by atoms with Crippen LogP contribution in [0, 0.1) is 0 Å². The predicted molar refractivity (Wildman–Crippen MR) is 107 cm³/mol. The summed E-state index contributed by atoms with van der Waals surface area (Å²) in [5.74, 6) is 0.194. The standard InChI is InChI=1S/C16H24N4O3S3/c1-3-13-9-18-14(25-13)10-20-16(17-4-2)19-8-12(21)11-26(22,23)15-6-5-7-24-15/h5-7,9,12,21H,3-4,8,10-11H2,1-2H3,(H2,17,19,20). The molecule has 0 fully saturated rings. The molecule has 1 atom stereocenters. The molecule has 0 aliphatic rings. The van der Waals surface area contributed by atoms with Crippen molar-refractivity contribution in [3.63, 3.8) is 0 Å². The van der Waals surface area contributed by atoms with Crippen molar-refractivity contribution in [2.24, 2.45) is 4.99 Å². The zero-order valence-electron chi connectivity index (χ0n) is 14.8. The monoisotopic (exact) mass is 416 g/mol. The van der Waals surface area contributed by atoms with Crippen molar-refractivity contribution < 1.29 is 13.5 Å². The molecule has 3 N–H and O–H groups in total. The van der Waals surface area contributed by atoms with Crippen LogP contribution in [0.1, 0.15) is 23.7 Å². The molecule has 0 aliphatic heterocycles. The summed E-state index contributed by atoms with van der Waals surface area (Å²) in [5.41, 5.74) is 0. The minimum Gasteiger partial charge on any atom is -0.390 e. The summed E-state index contributed by atoms with van der Waals surface area (Å²) < 4.78 is 24.6. The Morgan fingerprint density at radius 3 is 2.81 bits per heavy atom. The van der Waals surface area contributed by atoms with Crippen LogP contribution >= 0.6 is 22.7 Å². The number of aliphatic hydroxyl groups excluding tert-OH is 1. The molecule has 0 bridgehead atoms. The Morgan fingerprint density at radius 1 is 1.38 bits per heavy atom. The van der Waals surface area contributed by atoms with Gasteiger partial charge in [-0.3, -0.25) is 0 Å². The zero-order chi connectivity index (χ0) is 19.0. The van der Waals surface area contributed by atoms with E-state index in [9.17, 15) is 13.5 Å². The highest BCUT2D eigenvalue weighted by Gasteiger charge is 2.20. The van der Waals surface area contributed by atoms with Crippen LogP contribution in [0.25, 0.3) is 0 Å². The SMILES string of the molecule is CCNC(=NCc1ncc(CC)s1)NCC(O)CS(=O)(=O)c1cccs1. The summed E-state index contributed by atoms with van der Waals surface area (Å²) >= 11 is 2.77. The third kappa shape index (κ3) is 6.35. The Morgan fingerprint density at radius 2 is 2.19 bits per heavy atom.